The van der Waals surface area contributed by atoms with Crippen LogP contribution in [-0.2, 0) is 0 Å². The van der Waals surface area contributed by atoms with Gasteiger partial charge in [0.05, 0.1) is 6.54 Å². The largest absolute Gasteiger partial charge is 0.317 e. The fourth-order valence-corrected chi connectivity index (χ4v) is 1.93. The van der Waals surface area contributed by atoms with Gasteiger partial charge in [0.2, 0.25) is 0 Å². The Morgan fingerprint density at radius 3 is 1.67 bits per heavy atom. The van der Waals surface area contributed by atoms with Crippen LogP contribution in [0.4, 0.5) is 0 Å². The van der Waals surface area contributed by atoms with Gasteiger partial charge in [0.15, 0.2) is 0 Å². The Bertz CT molecular complexity index is 245. The molecule has 0 rings (SSSR count). The third-order valence-corrected chi connectivity index (χ3v) is 3.18. The zero-order chi connectivity index (χ0) is 15.4. The smallest absolute Gasteiger partial charge is 0.0576 e. The van der Waals surface area contributed by atoms with E-state index < -0.39 is 0 Å². The summed E-state index contributed by atoms with van der Waals surface area (Å²) in [6, 6.07) is 0. The number of rotatable bonds is 15. The van der Waals surface area contributed by atoms with Gasteiger partial charge < -0.3 is 21.3 Å². The Balaban J connectivity index is 3.06. The van der Waals surface area contributed by atoms with Crippen LogP contribution in [0.1, 0.15) is 46.0 Å². The summed E-state index contributed by atoms with van der Waals surface area (Å²) in [6.45, 7) is 12.7. The Kier molecular flexibility index (Phi) is 18.8. The molecule has 4 N–H and O–H groups in total. The molecule has 4 heteroatoms. The molecule has 0 aliphatic carbocycles. The highest BCUT2D eigenvalue weighted by Gasteiger charge is 1.88. The Morgan fingerprint density at radius 2 is 1.10 bits per heavy atom. The second kappa shape index (κ2) is 19.4. The van der Waals surface area contributed by atoms with Crippen molar-refractivity contribution in [2.75, 3.05) is 52.4 Å². The standard InChI is InChI=1S/C17H36N4/c1-3-18-12-8-10-16-20-14-6-5-7-15-21-17-11-9-13-19-4-2/h18-21H,3-4,6,8-17H2,1-2H3. The molecule has 0 aromatic heterocycles. The molecule has 0 aromatic rings. The van der Waals surface area contributed by atoms with Gasteiger partial charge in [-0.2, -0.15) is 0 Å². The van der Waals surface area contributed by atoms with Crippen LogP contribution < -0.4 is 21.3 Å². The summed E-state index contributed by atoms with van der Waals surface area (Å²) in [4.78, 5) is 0. The molecular weight excluding hydrogens is 260 g/mol. The molecule has 0 bridgehead atoms. The highest BCUT2D eigenvalue weighted by atomic mass is 14.9. The molecule has 0 fully saturated rings. The van der Waals surface area contributed by atoms with Gasteiger partial charge >= 0.3 is 0 Å². The quantitative estimate of drug-likeness (QED) is 0.272. The Labute approximate surface area is 132 Å². The minimum atomic E-state index is 0.823. The van der Waals surface area contributed by atoms with Crippen LogP contribution in [0.15, 0.2) is 0 Å². The van der Waals surface area contributed by atoms with E-state index in [1.165, 1.54) is 25.7 Å². The maximum Gasteiger partial charge on any atom is 0.0576 e. The van der Waals surface area contributed by atoms with Gasteiger partial charge in [0, 0.05) is 13.0 Å². The first-order valence-electron chi connectivity index (χ1n) is 8.70. The fourth-order valence-electron chi connectivity index (χ4n) is 1.93. The van der Waals surface area contributed by atoms with Gasteiger partial charge in [-0.15, -0.1) is 5.92 Å². The van der Waals surface area contributed by atoms with E-state index in [-0.39, 0.29) is 0 Å². The molecule has 4 nitrogen and oxygen atoms in total. The first-order valence-corrected chi connectivity index (χ1v) is 8.70. The molecule has 0 aromatic carbocycles. The third-order valence-electron chi connectivity index (χ3n) is 3.18. The van der Waals surface area contributed by atoms with Crippen LogP contribution >= 0.6 is 0 Å². The minimum Gasteiger partial charge on any atom is -0.317 e. The number of unbranched alkanes of at least 4 members (excludes halogenated alkanes) is 2. The van der Waals surface area contributed by atoms with E-state index in [4.69, 9.17) is 0 Å². The lowest BCUT2D eigenvalue weighted by atomic mass is 10.3. The van der Waals surface area contributed by atoms with Crippen LogP contribution in [0.3, 0.4) is 0 Å². The van der Waals surface area contributed by atoms with Gasteiger partial charge in [-0.3, -0.25) is 0 Å². The van der Waals surface area contributed by atoms with Crippen molar-refractivity contribution in [2.45, 2.75) is 46.0 Å². The van der Waals surface area contributed by atoms with Crippen molar-refractivity contribution in [2.24, 2.45) is 0 Å². The summed E-state index contributed by atoms with van der Waals surface area (Å²) >= 11 is 0. The second-order valence-electron chi connectivity index (χ2n) is 5.15. The van der Waals surface area contributed by atoms with E-state index in [2.05, 4.69) is 47.0 Å². The summed E-state index contributed by atoms with van der Waals surface area (Å²) in [5, 5.41) is 13.5. The fraction of sp³-hybridized carbons (Fsp3) is 0.882. The van der Waals surface area contributed by atoms with Gasteiger partial charge in [-0.1, -0.05) is 19.8 Å². The van der Waals surface area contributed by atoms with Crippen molar-refractivity contribution in [1.82, 2.24) is 21.3 Å². The predicted molar refractivity (Wildman–Crippen MR) is 93.7 cm³/mol. The molecule has 0 aliphatic heterocycles. The number of nitrogens with one attached hydrogen (secondary N) is 4. The lowest BCUT2D eigenvalue weighted by Gasteiger charge is -2.03. The normalized spacial score (nSPS) is 10.4. The molecule has 0 unspecified atom stereocenters. The Hall–Kier alpha value is -0.600. The first kappa shape index (κ1) is 20.4. The third kappa shape index (κ3) is 19.4. The van der Waals surface area contributed by atoms with Crippen molar-refractivity contribution in [1.29, 1.82) is 0 Å². The van der Waals surface area contributed by atoms with Crippen molar-refractivity contribution < 1.29 is 0 Å². The van der Waals surface area contributed by atoms with Crippen LogP contribution in [0.25, 0.3) is 0 Å². The van der Waals surface area contributed by atoms with Crippen molar-refractivity contribution in [3.8, 4) is 11.8 Å². The van der Waals surface area contributed by atoms with Crippen molar-refractivity contribution in [3.63, 3.8) is 0 Å². The summed E-state index contributed by atoms with van der Waals surface area (Å²) in [5.41, 5.74) is 0. The average Bonchev–Trinajstić information content (AvgIpc) is 2.50. The zero-order valence-electron chi connectivity index (χ0n) is 14.2. The van der Waals surface area contributed by atoms with Crippen LogP contribution in [0.5, 0.6) is 0 Å². The van der Waals surface area contributed by atoms with E-state index >= 15 is 0 Å². The first-order chi connectivity index (χ1) is 10.4. The Morgan fingerprint density at radius 1 is 0.571 bits per heavy atom. The van der Waals surface area contributed by atoms with Crippen molar-refractivity contribution in [3.05, 3.63) is 0 Å². The topological polar surface area (TPSA) is 48.1 Å². The number of hydrogen-bond donors (Lipinski definition) is 4. The molecule has 0 spiro atoms. The monoisotopic (exact) mass is 296 g/mol. The molecule has 0 heterocycles. The average molecular weight is 297 g/mol. The highest BCUT2D eigenvalue weighted by molar-refractivity contribution is 5.00. The molecule has 0 atom stereocenters. The minimum absolute atomic E-state index is 0.823. The molecular formula is C17H36N4. The molecule has 0 radical (unpaired) electrons. The number of hydrogen-bond acceptors (Lipinski definition) is 4. The van der Waals surface area contributed by atoms with Gasteiger partial charge in [0.25, 0.3) is 0 Å². The summed E-state index contributed by atoms with van der Waals surface area (Å²) in [6.07, 6.45) is 5.92. The van der Waals surface area contributed by atoms with Crippen LogP contribution in [-0.4, -0.2) is 52.4 Å². The van der Waals surface area contributed by atoms with Crippen LogP contribution in [0.2, 0.25) is 0 Å². The van der Waals surface area contributed by atoms with E-state index in [0.29, 0.717) is 0 Å². The van der Waals surface area contributed by atoms with Gasteiger partial charge in [0.1, 0.15) is 0 Å². The predicted octanol–water partition coefficient (Wildman–Crippen LogP) is 1.34. The summed E-state index contributed by atoms with van der Waals surface area (Å²) in [5.74, 6) is 6.39. The second-order valence-corrected chi connectivity index (χ2v) is 5.15. The lowest BCUT2D eigenvalue weighted by molar-refractivity contribution is 0.595. The molecule has 0 aliphatic rings. The molecule has 0 saturated carbocycles. The zero-order valence-corrected chi connectivity index (χ0v) is 14.2. The maximum atomic E-state index is 3.44. The van der Waals surface area contributed by atoms with E-state index in [9.17, 15) is 0 Å². The van der Waals surface area contributed by atoms with Crippen LogP contribution in [0, 0.1) is 11.8 Å². The highest BCUT2D eigenvalue weighted by Crippen LogP contribution is 1.85. The summed E-state index contributed by atoms with van der Waals surface area (Å²) < 4.78 is 0. The SMILES string of the molecule is CCNCCCCNCC#CCCNCCCCNCC. The summed E-state index contributed by atoms with van der Waals surface area (Å²) in [7, 11) is 0. The molecule has 21 heavy (non-hydrogen) atoms. The van der Waals surface area contributed by atoms with E-state index in [1.807, 2.05) is 0 Å². The molecule has 124 valence electrons. The molecule has 0 amide bonds. The van der Waals surface area contributed by atoms with Gasteiger partial charge in [-0.25, -0.2) is 0 Å². The van der Waals surface area contributed by atoms with Gasteiger partial charge in [-0.05, 0) is 65.0 Å². The van der Waals surface area contributed by atoms with E-state index in [0.717, 1.165) is 58.8 Å². The maximum absolute atomic E-state index is 3.44. The lowest BCUT2D eigenvalue weighted by Crippen LogP contribution is -2.19. The molecule has 0 saturated heterocycles. The van der Waals surface area contributed by atoms with Crippen molar-refractivity contribution >= 4 is 0 Å². The van der Waals surface area contributed by atoms with E-state index in [1.54, 1.807) is 0 Å².